The van der Waals surface area contributed by atoms with Gasteiger partial charge in [-0.1, -0.05) is 0 Å². The minimum absolute atomic E-state index is 0.148. The van der Waals surface area contributed by atoms with Crippen molar-refractivity contribution < 1.29 is 4.42 Å². The van der Waals surface area contributed by atoms with Gasteiger partial charge in [-0.2, -0.15) is 0 Å². The zero-order chi connectivity index (χ0) is 10.8. The van der Waals surface area contributed by atoms with E-state index in [1.807, 2.05) is 6.92 Å². The molecule has 0 bridgehead atoms. The second-order valence-electron chi connectivity index (χ2n) is 2.76. The fourth-order valence-corrected chi connectivity index (χ4v) is 1.84. The average molecular weight is 243 g/mol. The standard InChI is InChI=1S/C8H7ClN4OS/c1-4-3-14-8(12-4)15-6-5(10)2-11-7(9)13-6/h2-3H,10H2,1H3. The van der Waals surface area contributed by atoms with E-state index in [9.17, 15) is 0 Å². The molecule has 0 aliphatic carbocycles. The first kappa shape index (κ1) is 10.3. The SMILES string of the molecule is Cc1coc(Sc2nc(Cl)ncc2N)n1. The smallest absolute Gasteiger partial charge is 0.262 e. The molecule has 2 rings (SSSR count). The highest BCUT2D eigenvalue weighted by Crippen LogP contribution is 2.29. The van der Waals surface area contributed by atoms with Gasteiger partial charge in [0.25, 0.3) is 5.22 Å². The molecule has 0 radical (unpaired) electrons. The van der Waals surface area contributed by atoms with Crippen LogP contribution in [0.3, 0.4) is 0 Å². The van der Waals surface area contributed by atoms with Gasteiger partial charge in [0.1, 0.15) is 11.3 Å². The zero-order valence-electron chi connectivity index (χ0n) is 7.77. The van der Waals surface area contributed by atoms with E-state index in [1.54, 1.807) is 6.26 Å². The summed E-state index contributed by atoms with van der Waals surface area (Å²) >= 11 is 6.86. The van der Waals surface area contributed by atoms with Crippen molar-refractivity contribution >= 4 is 29.1 Å². The van der Waals surface area contributed by atoms with Crippen LogP contribution in [0.4, 0.5) is 5.69 Å². The molecular formula is C8H7ClN4OS. The van der Waals surface area contributed by atoms with Crippen molar-refractivity contribution in [3.8, 4) is 0 Å². The van der Waals surface area contributed by atoms with Crippen LogP contribution in [0.2, 0.25) is 5.28 Å². The maximum atomic E-state index is 5.67. The number of hydrogen-bond acceptors (Lipinski definition) is 6. The van der Waals surface area contributed by atoms with E-state index in [4.69, 9.17) is 21.8 Å². The first-order valence-corrected chi connectivity index (χ1v) is 5.22. The Hall–Kier alpha value is -1.27. The summed E-state index contributed by atoms with van der Waals surface area (Å²) in [7, 11) is 0. The van der Waals surface area contributed by atoms with E-state index in [1.165, 1.54) is 18.0 Å². The van der Waals surface area contributed by atoms with Crippen LogP contribution < -0.4 is 5.73 Å². The van der Waals surface area contributed by atoms with Crippen molar-refractivity contribution in [2.75, 3.05) is 5.73 Å². The largest absolute Gasteiger partial charge is 0.439 e. The highest BCUT2D eigenvalue weighted by Gasteiger charge is 2.09. The van der Waals surface area contributed by atoms with Crippen molar-refractivity contribution in [3.05, 3.63) is 23.4 Å². The van der Waals surface area contributed by atoms with E-state index < -0.39 is 0 Å². The van der Waals surface area contributed by atoms with Gasteiger partial charge in [0.2, 0.25) is 5.28 Å². The maximum absolute atomic E-state index is 5.67. The third kappa shape index (κ3) is 2.40. The number of oxazole rings is 1. The molecule has 0 spiro atoms. The van der Waals surface area contributed by atoms with Crippen molar-refractivity contribution in [1.29, 1.82) is 0 Å². The predicted molar refractivity (Wildman–Crippen MR) is 56.8 cm³/mol. The Morgan fingerprint density at radius 2 is 2.27 bits per heavy atom. The average Bonchev–Trinajstić information content (AvgIpc) is 2.58. The number of aryl methyl sites for hydroxylation is 1. The number of rotatable bonds is 2. The molecule has 7 heteroatoms. The quantitative estimate of drug-likeness (QED) is 0.642. The molecule has 2 heterocycles. The molecule has 0 saturated heterocycles. The van der Waals surface area contributed by atoms with Crippen LogP contribution in [0.25, 0.3) is 0 Å². The van der Waals surface area contributed by atoms with Crippen molar-refractivity contribution in [2.24, 2.45) is 0 Å². The molecule has 5 nitrogen and oxygen atoms in total. The van der Waals surface area contributed by atoms with Crippen LogP contribution in [0.15, 0.2) is 27.1 Å². The van der Waals surface area contributed by atoms with Gasteiger partial charge in [-0.15, -0.1) is 0 Å². The summed E-state index contributed by atoms with van der Waals surface area (Å²) in [6.07, 6.45) is 3.01. The molecule has 2 aromatic rings. The number of halogens is 1. The monoisotopic (exact) mass is 242 g/mol. The van der Waals surface area contributed by atoms with Gasteiger partial charge in [0, 0.05) is 0 Å². The molecule has 78 valence electrons. The van der Waals surface area contributed by atoms with Gasteiger partial charge in [-0.25, -0.2) is 15.0 Å². The molecule has 0 unspecified atom stereocenters. The molecule has 0 saturated carbocycles. The Bertz CT molecular complexity index is 487. The Labute approximate surface area is 95.1 Å². The summed E-state index contributed by atoms with van der Waals surface area (Å²) in [5.74, 6) is 0. The van der Waals surface area contributed by atoms with Crippen LogP contribution >= 0.6 is 23.4 Å². The lowest BCUT2D eigenvalue weighted by atomic mass is 10.6. The number of anilines is 1. The van der Waals surface area contributed by atoms with Crippen molar-refractivity contribution in [2.45, 2.75) is 17.2 Å². The van der Waals surface area contributed by atoms with Crippen LogP contribution in [0.5, 0.6) is 0 Å². The lowest BCUT2D eigenvalue weighted by molar-refractivity contribution is 0.454. The van der Waals surface area contributed by atoms with Gasteiger partial charge in [-0.3, -0.25) is 0 Å². The molecule has 0 fully saturated rings. The van der Waals surface area contributed by atoms with E-state index in [0.29, 0.717) is 15.9 Å². The summed E-state index contributed by atoms with van der Waals surface area (Å²) in [5, 5.41) is 1.17. The van der Waals surface area contributed by atoms with Crippen molar-refractivity contribution in [3.63, 3.8) is 0 Å². The van der Waals surface area contributed by atoms with E-state index >= 15 is 0 Å². The van der Waals surface area contributed by atoms with E-state index in [2.05, 4.69) is 15.0 Å². The molecule has 0 atom stereocenters. The maximum Gasteiger partial charge on any atom is 0.262 e. The topological polar surface area (TPSA) is 77.8 Å². The van der Waals surface area contributed by atoms with Crippen molar-refractivity contribution in [1.82, 2.24) is 15.0 Å². The number of nitrogens with zero attached hydrogens (tertiary/aromatic N) is 3. The Morgan fingerprint density at radius 1 is 1.47 bits per heavy atom. The minimum Gasteiger partial charge on any atom is -0.439 e. The second-order valence-corrected chi connectivity index (χ2v) is 4.03. The Kier molecular flexibility index (Phi) is 2.79. The molecule has 0 amide bonds. The first-order chi connectivity index (χ1) is 7.15. The fourth-order valence-electron chi connectivity index (χ4n) is 0.899. The third-order valence-electron chi connectivity index (χ3n) is 1.53. The van der Waals surface area contributed by atoms with Gasteiger partial charge < -0.3 is 10.2 Å². The third-order valence-corrected chi connectivity index (χ3v) is 2.60. The second kappa shape index (κ2) is 4.08. The summed E-state index contributed by atoms with van der Waals surface area (Å²) in [5.41, 5.74) is 6.92. The number of aromatic nitrogens is 3. The summed E-state index contributed by atoms with van der Waals surface area (Å²) < 4.78 is 5.16. The normalized spacial score (nSPS) is 10.5. The molecular weight excluding hydrogens is 236 g/mol. The van der Waals surface area contributed by atoms with Gasteiger partial charge in [0.15, 0.2) is 0 Å². The van der Waals surface area contributed by atoms with Crippen LogP contribution in [0, 0.1) is 6.92 Å². The van der Waals surface area contributed by atoms with E-state index in [0.717, 1.165) is 5.69 Å². The number of nitrogens with two attached hydrogens (primary N) is 1. The van der Waals surface area contributed by atoms with Crippen LogP contribution in [0.1, 0.15) is 5.69 Å². The Morgan fingerprint density at radius 3 is 2.93 bits per heavy atom. The summed E-state index contributed by atoms with van der Waals surface area (Å²) in [6.45, 7) is 1.84. The van der Waals surface area contributed by atoms with E-state index in [-0.39, 0.29) is 5.28 Å². The minimum atomic E-state index is 0.148. The summed E-state index contributed by atoms with van der Waals surface area (Å²) in [6, 6.07) is 0. The molecule has 0 aliphatic heterocycles. The number of hydrogen-bond donors (Lipinski definition) is 1. The molecule has 2 aromatic heterocycles. The predicted octanol–water partition coefficient (Wildman–Crippen LogP) is 2.16. The highest BCUT2D eigenvalue weighted by atomic mass is 35.5. The number of nitrogen functional groups attached to an aromatic ring is 1. The highest BCUT2D eigenvalue weighted by molar-refractivity contribution is 7.99. The lowest BCUT2D eigenvalue weighted by Crippen LogP contribution is -1.94. The van der Waals surface area contributed by atoms with Crippen LogP contribution in [-0.4, -0.2) is 15.0 Å². The molecule has 15 heavy (non-hydrogen) atoms. The Balaban J connectivity index is 2.27. The van der Waals surface area contributed by atoms with Crippen LogP contribution in [-0.2, 0) is 0 Å². The molecule has 0 aliphatic rings. The lowest BCUT2D eigenvalue weighted by Gasteiger charge is -2.00. The summed E-state index contributed by atoms with van der Waals surface area (Å²) in [4.78, 5) is 11.8. The molecule has 0 aromatic carbocycles. The van der Waals surface area contributed by atoms with Gasteiger partial charge >= 0.3 is 0 Å². The molecule has 2 N–H and O–H groups in total. The van der Waals surface area contributed by atoms with Gasteiger partial charge in [0.05, 0.1) is 17.6 Å². The first-order valence-electron chi connectivity index (χ1n) is 4.03. The van der Waals surface area contributed by atoms with Gasteiger partial charge in [-0.05, 0) is 30.3 Å². The fraction of sp³-hybridized carbons (Fsp3) is 0.125. The zero-order valence-corrected chi connectivity index (χ0v) is 9.34.